The third-order valence-corrected chi connectivity index (χ3v) is 2.63. The minimum Gasteiger partial charge on any atom is -0.508 e. The van der Waals surface area contributed by atoms with Gasteiger partial charge in [0.05, 0.1) is 12.1 Å². The molecule has 1 aromatic rings. The molecule has 1 aliphatic rings. The number of benzene rings is 1. The van der Waals surface area contributed by atoms with E-state index in [9.17, 15) is 15.3 Å². The van der Waals surface area contributed by atoms with Crippen molar-refractivity contribution in [2.24, 2.45) is 0 Å². The first-order valence-electron chi connectivity index (χ1n) is 4.71. The molecule has 1 saturated heterocycles. The molecule has 0 bridgehead atoms. The Bertz CT molecular complexity index is 368. The zero-order chi connectivity index (χ0) is 11.0. The van der Waals surface area contributed by atoms with Gasteiger partial charge in [-0.15, -0.1) is 0 Å². The van der Waals surface area contributed by atoms with Crippen LogP contribution in [0.2, 0.25) is 0 Å². The molecule has 5 heteroatoms. The molecule has 1 fully saturated rings. The summed E-state index contributed by atoms with van der Waals surface area (Å²) in [5.74, 6) is -0.134. The van der Waals surface area contributed by atoms with Gasteiger partial charge in [-0.05, 0) is 12.1 Å². The van der Waals surface area contributed by atoms with Crippen molar-refractivity contribution in [1.29, 1.82) is 0 Å². The minimum absolute atomic E-state index is 0.0377. The molecule has 1 heterocycles. The van der Waals surface area contributed by atoms with Gasteiger partial charge >= 0.3 is 0 Å². The summed E-state index contributed by atoms with van der Waals surface area (Å²) in [6.07, 6.45) is -1.77. The molecule has 0 aliphatic carbocycles. The van der Waals surface area contributed by atoms with E-state index in [1.807, 2.05) is 0 Å². The van der Waals surface area contributed by atoms with E-state index in [4.69, 9.17) is 5.11 Å². The standard InChI is InChI=1S/C10H13NO4/c12-5-1-2-6(7(13)3-5)9-10(15)8(14)4-11-9/h1-3,8-15H,4H2/t8-,9-,10+/m1/s1. The van der Waals surface area contributed by atoms with Gasteiger partial charge in [-0.2, -0.15) is 0 Å². The third-order valence-electron chi connectivity index (χ3n) is 2.63. The summed E-state index contributed by atoms with van der Waals surface area (Å²) in [4.78, 5) is 0. The van der Waals surface area contributed by atoms with Crippen LogP contribution in [0.3, 0.4) is 0 Å². The summed E-state index contributed by atoms with van der Waals surface area (Å²) in [5, 5.41) is 40.5. The lowest BCUT2D eigenvalue weighted by atomic mass is 10.0. The molecule has 0 radical (unpaired) electrons. The Hall–Kier alpha value is -1.30. The van der Waals surface area contributed by atoms with E-state index in [0.717, 1.165) is 0 Å². The summed E-state index contributed by atoms with van der Waals surface area (Å²) < 4.78 is 0. The fraction of sp³-hybridized carbons (Fsp3) is 0.400. The Balaban J connectivity index is 2.30. The second-order valence-electron chi connectivity index (χ2n) is 3.69. The van der Waals surface area contributed by atoms with E-state index in [1.54, 1.807) is 0 Å². The van der Waals surface area contributed by atoms with Crippen LogP contribution >= 0.6 is 0 Å². The molecule has 3 atom stereocenters. The predicted molar refractivity (Wildman–Crippen MR) is 52.5 cm³/mol. The maximum Gasteiger partial charge on any atom is 0.124 e. The second-order valence-corrected chi connectivity index (χ2v) is 3.69. The second kappa shape index (κ2) is 3.69. The minimum atomic E-state index is -0.944. The molecule has 0 saturated carbocycles. The number of rotatable bonds is 1. The first-order valence-corrected chi connectivity index (χ1v) is 4.71. The lowest BCUT2D eigenvalue weighted by molar-refractivity contribution is 0.0401. The number of hydrogen-bond acceptors (Lipinski definition) is 5. The van der Waals surface area contributed by atoms with E-state index < -0.39 is 18.2 Å². The molecule has 2 rings (SSSR count). The van der Waals surface area contributed by atoms with Gasteiger partial charge in [0.1, 0.15) is 17.6 Å². The monoisotopic (exact) mass is 211 g/mol. The van der Waals surface area contributed by atoms with Crippen LogP contribution in [0.1, 0.15) is 11.6 Å². The number of aliphatic hydroxyl groups is 2. The number of nitrogens with one attached hydrogen (secondary N) is 1. The average molecular weight is 211 g/mol. The number of phenolic OH excluding ortho intramolecular Hbond substituents is 2. The van der Waals surface area contributed by atoms with Crippen LogP contribution in [0.5, 0.6) is 11.5 Å². The molecule has 1 aromatic carbocycles. The van der Waals surface area contributed by atoms with E-state index in [0.29, 0.717) is 5.56 Å². The summed E-state index contributed by atoms with van der Waals surface area (Å²) in [6, 6.07) is 3.65. The molecule has 5 nitrogen and oxygen atoms in total. The van der Waals surface area contributed by atoms with Gasteiger partial charge in [0.25, 0.3) is 0 Å². The lowest BCUT2D eigenvalue weighted by Crippen LogP contribution is -2.25. The highest BCUT2D eigenvalue weighted by atomic mass is 16.3. The number of β-amino-alcohol motifs (C(OH)–C–C–N with tert-alkyl or cyclic N) is 1. The van der Waals surface area contributed by atoms with Crippen LogP contribution in [0, 0.1) is 0 Å². The highest BCUT2D eigenvalue weighted by molar-refractivity contribution is 5.41. The summed E-state index contributed by atoms with van der Waals surface area (Å²) in [6.45, 7) is 0.284. The van der Waals surface area contributed by atoms with Gasteiger partial charge in [-0.3, -0.25) is 0 Å². The van der Waals surface area contributed by atoms with Crippen LogP contribution in [0.15, 0.2) is 18.2 Å². The molecule has 15 heavy (non-hydrogen) atoms. The Morgan fingerprint density at radius 2 is 1.93 bits per heavy atom. The van der Waals surface area contributed by atoms with E-state index in [1.165, 1.54) is 18.2 Å². The Kier molecular flexibility index (Phi) is 2.52. The van der Waals surface area contributed by atoms with Crippen molar-refractivity contribution >= 4 is 0 Å². The van der Waals surface area contributed by atoms with Gasteiger partial charge in [-0.1, -0.05) is 0 Å². The largest absolute Gasteiger partial charge is 0.508 e. The molecule has 1 aliphatic heterocycles. The van der Waals surface area contributed by atoms with Gasteiger partial charge in [-0.25, -0.2) is 0 Å². The highest BCUT2D eigenvalue weighted by Crippen LogP contribution is 2.32. The van der Waals surface area contributed by atoms with Crippen molar-refractivity contribution in [3.8, 4) is 11.5 Å². The lowest BCUT2D eigenvalue weighted by Gasteiger charge is -2.17. The molecular formula is C10H13NO4. The quantitative estimate of drug-likeness (QED) is 0.430. The van der Waals surface area contributed by atoms with Crippen molar-refractivity contribution in [2.45, 2.75) is 18.2 Å². The van der Waals surface area contributed by atoms with E-state index in [2.05, 4.69) is 5.32 Å². The van der Waals surface area contributed by atoms with Crippen molar-refractivity contribution in [1.82, 2.24) is 5.32 Å². The van der Waals surface area contributed by atoms with Gasteiger partial charge < -0.3 is 25.7 Å². The predicted octanol–water partition coefficient (Wildman–Crippen LogP) is -0.536. The molecule has 82 valence electrons. The number of aromatic hydroxyl groups is 2. The van der Waals surface area contributed by atoms with Gasteiger partial charge in [0.15, 0.2) is 0 Å². The Labute approximate surface area is 86.6 Å². The van der Waals surface area contributed by atoms with Crippen LogP contribution in [0.25, 0.3) is 0 Å². The van der Waals surface area contributed by atoms with Crippen LogP contribution < -0.4 is 5.32 Å². The molecule has 0 unspecified atom stereocenters. The summed E-state index contributed by atoms with van der Waals surface area (Å²) in [5.41, 5.74) is 0.469. The van der Waals surface area contributed by atoms with E-state index >= 15 is 0 Å². The first-order chi connectivity index (χ1) is 7.09. The van der Waals surface area contributed by atoms with Gasteiger partial charge in [0, 0.05) is 18.2 Å². The molecule has 0 spiro atoms. The number of phenols is 2. The zero-order valence-corrected chi connectivity index (χ0v) is 7.96. The number of aliphatic hydroxyl groups excluding tert-OH is 2. The smallest absolute Gasteiger partial charge is 0.124 e. The van der Waals surface area contributed by atoms with Crippen molar-refractivity contribution in [3.63, 3.8) is 0 Å². The maximum absolute atomic E-state index is 9.62. The van der Waals surface area contributed by atoms with Crippen LogP contribution in [-0.2, 0) is 0 Å². The fourth-order valence-electron chi connectivity index (χ4n) is 1.80. The normalized spacial score (nSPS) is 30.7. The highest BCUT2D eigenvalue weighted by Gasteiger charge is 2.35. The Morgan fingerprint density at radius 3 is 2.47 bits per heavy atom. The summed E-state index contributed by atoms with van der Waals surface area (Å²) >= 11 is 0. The molecular weight excluding hydrogens is 198 g/mol. The number of hydrogen-bond donors (Lipinski definition) is 5. The zero-order valence-electron chi connectivity index (χ0n) is 7.96. The molecule has 0 aromatic heterocycles. The van der Waals surface area contributed by atoms with Crippen LogP contribution in [-0.4, -0.2) is 39.2 Å². The van der Waals surface area contributed by atoms with Crippen molar-refractivity contribution in [3.05, 3.63) is 23.8 Å². The SMILES string of the molecule is Oc1ccc([C@H]2NC[C@@H](O)[C@@H]2O)c(O)c1. The van der Waals surface area contributed by atoms with Crippen molar-refractivity contribution < 1.29 is 20.4 Å². The molecule has 5 N–H and O–H groups in total. The first kappa shape index (κ1) is 10.2. The Morgan fingerprint density at radius 1 is 1.20 bits per heavy atom. The maximum atomic E-state index is 9.62. The topological polar surface area (TPSA) is 93.0 Å². The van der Waals surface area contributed by atoms with E-state index in [-0.39, 0.29) is 18.0 Å². The molecule has 0 amide bonds. The summed E-state index contributed by atoms with van der Waals surface area (Å²) in [7, 11) is 0. The van der Waals surface area contributed by atoms with Crippen molar-refractivity contribution in [2.75, 3.05) is 6.54 Å². The third kappa shape index (κ3) is 1.77. The average Bonchev–Trinajstić information content (AvgIpc) is 2.49. The van der Waals surface area contributed by atoms with Crippen LogP contribution in [0.4, 0.5) is 0 Å². The fourth-order valence-corrected chi connectivity index (χ4v) is 1.80. The van der Waals surface area contributed by atoms with Gasteiger partial charge in [0.2, 0.25) is 0 Å².